The van der Waals surface area contributed by atoms with Crippen molar-refractivity contribution in [1.29, 1.82) is 0 Å². The molecule has 0 aliphatic rings. The number of hydrogen-bond acceptors (Lipinski definition) is 3. The smallest absolute Gasteiger partial charge is 0.247 e. The minimum absolute atomic E-state index is 0.0929. The topological polar surface area (TPSA) is 59.8 Å². The maximum absolute atomic E-state index is 11.5. The van der Waals surface area contributed by atoms with Crippen molar-refractivity contribution in [3.63, 3.8) is 0 Å². The standard InChI is InChI=1S/C10H9ClN4O/c11-8-1-3-9(4-2-8)14-10(16)7-15-12-5-6-13-15/h1-6H,7H2,(H,14,16). The van der Waals surface area contributed by atoms with Crippen LogP contribution in [0.15, 0.2) is 36.7 Å². The van der Waals surface area contributed by atoms with E-state index < -0.39 is 0 Å². The molecule has 0 saturated heterocycles. The van der Waals surface area contributed by atoms with Crippen molar-refractivity contribution in [2.45, 2.75) is 6.54 Å². The van der Waals surface area contributed by atoms with E-state index in [9.17, 15) is 4.79 Å². The molecule has 0 aliphatic carbocycles. The summed E-state index contributed by atoms with van der Waals surface area (Å²) in [6.07, 6.45) is 3.05. The number of benzene rings is 1. The Morgan fingerprint density at radius 2 is 1.88 bits per heavy atom. The Hall–Kier alpha value is -1.88. The molecule has 0 fully saturated rings. The van der Waals surface area contributed by atoms with Crippen molar-refractivity contribution in [2.75, 3.05) is 5.32 Å². The van der Waals surface area contributed by atoms with E-state index in [-0.39, 0.29) is 12.5 Å². The Morgan fingerprint density at radius 1 is 1.25 bits per heavy atom. The molecule has 2 rings (SSSR count). The summed E-state index contributed by atoms with van der Waals surface area (Å²) in [5.74, 6) is -0.182. The van der Waals surface area contributed by atoms with Gasteiger partial charge in [0.2, 0.25) is 5.91 Å². The molecule has 0 spiro atoms. The molecule has 0 bridgehead atoms. The van der Waals surface area contributed by atoms with Crippen LogP contribution in [0.2, 0.25) is 5.02 Å². The molecule has 1 amide bonds. The molecule has 0 unspecified atom stereocenters. The number of carbonyl (C=O) groups is 1. The molecule has 1 N–H and O–H groups in total. The molecule has 6 heteroatoms. The predicted molar refractivity (Wildman–Crippen MR) is 60.1 cm³/mol. The molecule has 0 atom stereocenters. The van der Waals surface area contributed by atoms with Gasteiger partial charge in [0.1, 0.15) is 6.54 Å². The summed E-state index contributed by atoms with van der Waals surface area (Å²) in [7, 11) is 0. The summed E-state index contributed by atoms with van der Waals surface area (Å²) >= 11 is 5.73. The Kier molecular flexibility index (Phi) is 3.16. The third-order valence-corrected chi connectivity index (χ3v) is 2.13. The molecular formula is C10H9ClN4O. The third-order valence-electron chi connectivity index (χ3n) is 1.88. The van der Waals surface area contributed by atoms with Gasteiger partial charge in [0.05, 0.1) is 12.4 Å². The van der Waals surface area contributed by atoms with Gasteiger partial charge in [-0.2, -0.15) is 15.0 Å². The number of amides is 1. The maximum atomic E-state index is 11.5. The lowest BCUT2D eigenvalue weighted by Crippen LogP contribution is -2.20. The van der Waals surface area contributed by atoms with E-state index in [2.05, 4.69) is 15.5 Å². The minimum Gasteiger partial charge on any atom is -0.324 e. The van der Waals surface area contributed by atoms with Crippen LogP contribution in [-0.4, -0.2) is 20.9 Å². The quantitative estimate of drug-likeness (QED) is 0.880. The first kappa shape index (κ1) is 10.6. The van der Waals surface area contributed by atoms with Crippen molar-refractivity contribution in [3.05, 3.63) is 41.7 Å². The van der Waals surface area contributed by atoms with Crippen LogP contribution in [0.3, 0.4) is 0 Å². The number of hydrogen-bond donors (Lipinski definition) is 1. The summed E-state index contributed by atoms with van der Waals surface area (Å²) < 4.78 is 0. The average Bonchev–Trinajstić information content (AvgIpc) is 2.74. The number of nitrogens with one attached hydrogen (secondary N) is 1. The van der Waals surface area contributed by atoms with Crippen molar-refractivity contribution in [3.8, 4) is 0 Å². The van der Waals surface area contributed by atoms with Gasteiger partial charge in [-0.05, 0) is 24.3 Å². The van der Waals surface area contributed by atoms with E-state index in [4.69, 9.17) is 11.6 Å². The van der Waals surface area contributed by atoms with Crippen LogP contribution in [0.25, 0.3) is 0 Å². The molecule has 1 aromatic heterocycles. The maximum Gasteiger partial charge on any atom is 0.247 e. The molecule has 1 aromatic carbocycles. The Bertz CT molecular complexity index is 466. The number of halogens is 1. The molecular weight excluding hydrogens is 228 g/mol. The first-order valence-corrected chi connectivity index (χ1v) is 5.01. The fourth-order valence-electron chi connectivity index (χ4n) is 1.19. The highest BCUT2D eigenvalue weighted by atomic mass is 35.5. The van der Waals surface area contributed by atoms with E-state index >= 15 is 0 Å². The normalized spacial score (nSPS) is 10.1. The zero-order chi connectivity index (χ0) is 11.4. The number of aromatic nitrogens is 3. The van der Waals surface area contributed by atoms with Gasteiger partial charge in [-0.3, -0.25) is 4.79 Å². The minimum atomic E-state index is -0.182. The van der Waals surface area contributed by atoms with Crippen LogP contribution < -0.4 is 5.32 Å². The highest BCUT2D eigenvalue weighted by Gasteiger charge is 2.03. The summed E-state index contributed by atoms with van der Waals surface area (Å²) in [5.41, 5.74) is 0.696. The number of carbonyl (C=O) groups excluding carboxylic acids is 1. The zero-order valence-corrected chi connectivity index (χ0v) is 9.05. The van der Waals surface area contributed by atoms with Gasteiger partial charge in [-0.1, -0.05) is 11.6 Å². The van der Waals surface area contributed by atoms with Gasteiger partial charge in [-0.15, -0.1) is 0 Å². The van der Waals surface area contributed by atoms with Crippen LogP contribution in [0.5, 0.6) is 0 Å². The Balaban J connectivity index is 1.95. The van der Waals surface area contributed by atoms with Crippen molar-refractivity contribution in [2.24, 2.45) is 0 Å². The molecule has 2 aromatic rings. The molecule has 0 radical (unpaired) electrons. The van der Waals surface area contributed by atoms with Gasteiger partial charge in [-0.25, -0.2) is 0 Å². The number of nitrogens with zero attached hydrogens (tertiary/aromatic N) is 3. The Labute approximate surface area is 97.0 Å². The lowest BCUT2D eigenvalue weighted by molar-refractivity contribution is -0.117. The van der Waals surface area contributed by atoms with Crippen LogP contribution in [0.1, 0.15) is 0 Å². The molecule has 82 valence electrons. The van der Waals surface area contributed by atoms with Gasteiger partial charge >= 0.3 is 0 Å². The van der Waals surface area contributed by atoms with E-state index in [1.807, 2.05) is 0 Å². The first-order valence-electron chi connectivity index (χ1n) is 4.63. The number of anilines is 1. The third kappa shape index (κ3) is 2.80. The van der Waals surface area contributed by atoms with E-state index in [0.29, 0.717) is 10.7 Å². The van der Waals surface area contributed by atoms with E-state index in [1.54, 1.807) is 24.3 Å². The monoisotopic (exact) mass is 236 g/mol. The summed E-state index contributed by atoms with van der Waals surface area (Å²) in [5, 5.41) is 11.0. The van der Waals surface area contributed by atoms with Crippen LogP contribution in [0, 0.1) is 0 Å². The fraction of sp³-hybridized carbons (Fsp3) is 0.100. The summed E-state index contributed by atoms with van der Waals surface area (Å²) in [6, 6.07) is 6.89. The highest BCUT2D eigenvalue weighted by molar-refractivity contribution is 6.30. The van der Waals surface area contributed by atoms with Crippen LogP contribution in [-0.2, 0) is 11.3 Å². The molecule has 1 heterocycles. The fourth-order valence-corrected chi connectivity index (χ4v) is 1.31. The Morgan fingerprint density at radius 3 is 2.50 bits per heavy atom. The van der Waals surface area contributed by atoms with Crippen LogP contribution >= 0.6 is 11.6 Å². The zero-order valence-electron chi connectivity index (χ0n) is 8.30. The van der Waals surface area contributed by atoms with Crippen molar-refractivity contribution in [1.82, 2.24) is 15.0 Å². The molecule has 0 saturated carbocycles. The lowest BCUT2D eigenvalue weighted by atomic mass is 10.3. The lowest BCUT2D eigenvalue weighted by Gasteiger charge is -2.04. The molecule has 5 nitrogen and oxygen atoms in total. The predicted octanol–water partition coefficient (Wildman–Crippen LogP) is 1.57. The number of rotatable bonds is 3. The highest BCUT2D eigenvalue weighted by Crippen LogP contribution is 2.13. The second-order valence-corrected chi connectivity index (χ2v) is 3.55. The average molecular weight is 237 g/mol. The van der Waals surface area contributed by atoms with Gasteiger partial charge in [0.15, 0.2) is 0 Å². The first-order chi connectivity index (χ1) is 7.74. The van der Waals surface area contributed by atoms with Gasteiger partial charge in [0, 0.05) is 10.7 Å². The van der Waals surface area contributed by atoms with Crippen molar-refractivity contribution >= 4 is 23.2 Å². The van der Waals surface area contributed by atoms with E-state index in [0.717, 1.165) is 0 Å². The summed E-state index contributed by atoms with van der Waals surface area (Å²) in [4.78, 5) is 12.8. The second-order valence-electron chi connectivity index (χ2n) is 3.11. The van der Waals surface area contributed by atoms with Crippen molar-refractivity contribution < 1.29 is 4.79 Å². The SMILES string of the molecule is O=C(Cn1nccn1)Nc1ccc(Cl)cc1. The molecule has 16 heavy (non-hydrogen) atoms. The second kappa shape index (κ2) is 4.76. The molecule has 0 aliphatic heterocycles. The van der Waals surface area contributed by atoms with Crippen LogP contribution in [0.4, 0.5) is 5.69 Å². The summed E-state index contributed by atoms with van der Waals surface area (Å²) in [6.45, 7) is 0.0929. The van der Waals surface area contributed by atoms with Gasteiger partial charge in [0.25, 0.3) is 0 Å². The largest absolute Gasteiger partial charge is 0.324 e. The van der Waals surface area contributed by atoms with Gasteiger partial charge < -0.3 is 5.32 Å². The van der Waals surface area contributed by atoms with E-state index in [1.165, 1.54) is 17.2 Å².